The van der Waals surface area contributed by atoms with E-state index in [0.29, 0.717) is 5.56 Å². The number of furan rings is 1. The molecule has 0 aliphatic rings. The molecule has 2 aromatic heterocycles. The number of anilines is 2. The zero-order valence-corrected chi connectivity index (χ0v) is 12.0. The van der Waals surface area contributed by atoms with Gasteiger partial charge < -0.3 is 14.5 Å². The van der Waals surface area contributed by atoms with E-state index in [0.717, 1.165) is 22.3 Å². The average Bonchev–Trinajstić information content (AvgIpc) is 3.17. The van der Waals surface area contributed by atoms with Crippen LogP contribution in [0, 0.1) is 0 Å². The van der Waals surface area contributed by atoms with Gasteiger partial charge in [-0.25, -0.2) is 9.78 Å². The van der Waals surface area contributed by atoms with Gasteiger partial charge in [0.2, 0.25) is 0 Å². The standard InChI is InChI=1S/C15H12N2O3S/c1-19-14(18)10-4-2-5-11(8-10)16-15-17-12(9-21-15)13-6-3-7-20-13/h2-9H,1H3,(H,16,17). The quantitative estimate of drug-likeness (QED) is 0.739. The largest absolute Gasteiger partial charge is 0.465 e. The summed E-state index contributed by atoms with van der Waals surface area (Å²) in [7, 11) is 1.36. The lowest BCUT2D eigenvalue weighted by atomic mass is 10.2. The minimum Gasteiger partial charge on any atom is -0.465 e. The van der Waals surface area contributed by atoms with Crippen LogP contribution in [-0.2, 0) is 4.74 Å². The summed E-state index contributed by atoms with van der Waals surface area (Å²) >= 11 is 1.46. The number of hydrogen-bond donors (Lipinski definition) is 1. The second-order valence-corrected chi connectivity index (χ2v) is 5.07. The Kier molecular flexibility index (Phi) is 3.70. The maximum atomic E-state index is 11.5. The molecule has 6 heteroatoms. The summed E-state index contributed by atoms with van der Waals surface area (Å²) in [4.78, 5) is 15.9. The first kappa shape index (κ1) is 13.4. The van der Waals surface area contributed by atoms with Crippen molar-refractivity contribution in [2.45, 2.75) is 0 Å². The van der Waals surface area contributed by atoms with Gasteiger partial charge in [0.05, 0.1) is 18.9 Å². The molecule has 1 N–H and O–H groups in total. The molecule has 0 aliphatic heterocycles. The van der Waals surface area contributed by atoms with Crippen molar-refractivity contribution in [2.24, 2.45) is 0 Å². The number of ether oxygens (including phenoxy) is 1. The van der Waals surface area contributed by atoms with Crippen LogP contribution in [0.1, 0.15) is 10.4 Å². The molecule has 1 aromatic carbocycles. The average molecular weight is 300 g/mol. The van der Waals surface area contributed by atoms with Crippen molar-refractivity contribution in [3.8, 4) is 11.5 Å². The Bertz CT molecular complexity index is 750. The lowest BCUT2D eigenvalue weighted by Gasteiger charge is -2.04. The van der Waals surface area contributed by atoms with Gasteiger partial charge in [0.1, 0.15) is 5.69 Å². The number of carbonyl (C=O) groups excluding carboxylic acids is 1. The van der Waals surface area contributed by atoms with E-state index in [1.54, 1.807) is 24.5 Å². The van der Waals surface area contributed by atoms with Crippen LogP contribution in [0.3, 0.4) is 0 Å². The first-order chi connectivity index (χ1) is 10.3. The fourth-order valence-corrected chi connectivity index (χ4v) is 2.55. The predicted octanol–water partition coefficient (Wildman–Crippen LogP) is 3.93. The van der Waals surface area contributed by atoms with Crippen LogP contribution in [0.25, 0.3) is 11.5 Å². The molecule has 0 aliphatic carbocycles. The van der Waals surface area contributed by atoms with Crippen LogP contribution in [0.2, 0.25) is 0 Å². The number of aromatic nitrogens is 1. The van der Waals surface area contributed by atoms with E-state index in [9.17, 15) is 4.79 Å². The van der Waals surface area contributed by atoms with Crippen molar-refractivity contribution >= 4 is 28.1 Å². The van der Waals surface area contributed by atoms with E-state index in [1.807, 2.05) is 23.6 Å². The topological polar surface area (TPSA) is 64.4 Å². The maximum Gasteiger partial charge on any atom is 0.337 e. The van der Waals surface area contributed by atoms with Gasteiger partial charge in [-0.1, -0.05) is 6.07 Å². The third kappa shape index (κ3) is 2.95. The van der Waals surface area contributed by atoms with E-state index in [2.05, 4.69) is 10.3 Å². The molecule has 21 heavy (non-hydrogen) atoms. The van der Waals surface area contributed by atoms with Gasteiger partial charge in [-0.05, 0) is 30.3 Å². The Morgan fingerprint density at radius 1 is 1.33 bits per heavy atom. The van der Waals surface area contributed by atoms with Gasteiger partial charge in [-0.2, -0.15) is 0 Å². The summed E-state index contributed by atoms with van der Waals surface area (Å²) in [5.74, 6) is 0.358. The van der Waals surface area contributed by atoms with Gasteiger partial charge >= 0.3 is 5.97 Å². The molecule has 0 amide bonds. The van der Waals surface area contributed by atoms with E-state index in [4.69, 9.17) is 9.15 Å². The number of methoxy groups -OCH3 is 1. The molecular weight excluding hydrogens is 288 g/mol. The van der Waals surface area contributed by atoms with Crippen LogP contribution in [-0.4, -0.2) is 18.1 Å². The summed E-state index contributed by atoms with van der Waals surface area (Å²) in [5, 5.41) is 5.80. The molecule has 0 radical (unpaired) electrons. The fraction of sp³-hybridized carbons (Fsp3) is 0.0667. The highest BCUT2D eigenvalue weighted by atomic mass is 32.1. The number of thiazole rings is 1. The Labute approximate surface area is 125 Å². The van der Waals surface area contributed by atoms with Crippen molar-refractivity contribution in [3.63, 3.8) is 0 Å². The molecular formula is C15H12N2O3S. The number of esters is 1. The van der Waals surface area contributed by atoms with Crippen LogP contribution in [0.5, 0.6) is 0 Å². The molecule has 3 rings (SSSR count). The SMILES string of the molecule is COC(=O)c1cccc(Nc2nc(-c3ccco3)cs2)c1. The van der Waals surface area contributed by atoms with E-state index < -0.39 is 0 Å². The molecule has 2 heterocycles. The molecule has 106 valence electrons. The minimum absolute atomic E-state index is 0.367. The molecule has 3 aromatic rings. The zero-order chi connectivity index (χ0) is 14.7. The van der Waals surface area contributed by atoms with Crippen LogP contribution in [0.15, 0.2) is 52.5 Å². The van der Waals surface area contributed by atoms with E-state index >= 15 is 0 Å². The maximum absolute atomic E-state index is 11.5. The first-order valence-electron chi connectivity index (χ1n) is 6.21. The Balaban J connectivity index is 1.79. The highest BCUT2D eigenvalue weighted by Gasteiger charge is 2.09. The van der Waals surface area contributed by atoms with Crippen molar-refractivity contribution < 1.29 is 13.9 Å². The second kappa shape index (κ2) is 5.80. The predicted molar refractivity (Wildman–Crippen MR) is 80.9 cm³/mol. The van der Waals surface area contributed by atoms with Gasteiger partial charge in [0, 0.05) is 11.1 Å². The second-order valence-electron chi connectivity index (χ2n) is 4.21. The number of rotatable bonds is 4. The highest BCUT2D eigenvalue weighted by Crippen LogP contribution is 2.27. The number of hydrogen-bond acceptors (Lipinski definition) is 6. The van der Waals surface area contributed by atoms with E-state index in [1.165, 1.54) is 18.4 Å². The molecule has 5 nitrogen and oxygen atoms in total. The first-order valence-corrected chi connectivity index (χ1v) is 7.09. The summed E-state index contributed by atoms with van der Waals surface area (Å²) in [5.41, 5.74) is 2.04. The summed E-state index contributed by atoms with van der Waals surface area (Å²) in [6.07, 6.45) is 1.61. The minimum atomic E-state index is -0.367. The summed E-state index contributed by atoms with van der Waals surface area (Å²) in [6.45, 7) is 0. The van der Waals surface area contributed by atoms with Crippen LogP contribution in [0.4, 0.5) is 10.8 Å². The van der Waals surface area contributed by atoms with Crippen molar-refractivity contribution in [3.05, 3.63) is 53.6 Å². The molecule has 0 saturated heterocycles. The Hall–Kier alpha value is -2.60. The Morgan fingerprint density at radius 2 is 2.24 bits per heavy atom. The van der Waals surface area contributed by atoms with Crippen molar-refractivity contribution in [1.29, 1.82) is 0 Å². The highest BCUT2D eigenvalue weighted by molar-refractivity contribution is 7.14. The molecule has 0 saturated carbocycles. The van der Waals surface area contributed by atoms with Gasteiger partial charge in [0.15, 0.2) is 10.9 Å². The van der Waals surface area contributed by atoms with Gasteiger partial charge in [0.25, 0.3) is 0 Å². The summed E-state index contributed by atoms with van der Waals surface area (Å²) < 4.78 is 10.0. The number of nitrogens with one attached hydrogen (secondary N) is 1. The monoisotopic (exact) mass is 300 g/mol. The zero-order valence-electron chi connectivity index (χ0n) is 11.2. The van der Waals surface area contributed by atoms with Gasteiger partial charge in [-0.3, -0.25) is 0 Å². The third-order valence-corrected chi connectivity index (χ3v) is 3.57. The molecule has 0 unspecified atom stereocenters. The van der Waals surface area contributed by atoms with Gasteiger partial charge in [-0.15, -0.1) is 11.3 Å². The molecule has 0 bridgehead atoms. The molecule has 0 fully saturated rings. The van der Waals surface area contributed by atoms with Crippen LogP contribution >= 0.6 is 11.3 Å². The number of benzene rings is 1. The third-order valence-electron chi connectivity index (χ3n) is 2.81. The van der Waals surface area contributed by atoms with E-state index in [-0.39, 0.29) is 5.97 Å². The normalized spacial score (nSPS) is 10.3. The lowest BCUT2D eigenvalue weighted by Crippen LogP contribution is -2.01. The Morgan fingerprint density at radius 3 is 3.00 bits per heavy atom. The lowest BCUT2D eigenvalue weighted by molar-refractivity contribution is 0.0601. The molecule has 0 spiro atoms. The number of nitrogens with zero attached hydrogens (tertiary/aromatic N) is 1. The molecule has 0 atom stereocenters. The summed E-state index contributed by atoms with van der Waals surface area (Å²) in [6, 6.07) is 10.8. The smallest absolute Gasteiger partial charge is 0.337 e. The van der Waals surface area contributed by atoms with Crippen molar-refractivity contribution in [1.82, 2.24) is 4.98 Å². The number of carbonyl (C=O) groups is 1. The van der Waals surface area contributed by atoms with Crippen LogP contribution < -0.4 is 5.32 Å². The fourth-order valence-electron chi connectivity index (χ4n) is 1.83. The van der Waals surface area contributed by atoms with Crippen molar-refractivity contribution in [2.75, 3.05) is 12.4 Å².